The summed E-state index contributed by atoms with van der Waals surface area (Å²) in [4.78, 5) is 26.6. The number of rotatable bonds is 8. The van der Waals surface area contributed by atoms with Gasteiger partial charge in [-0.1, -0.05) is 17.4 Å². The Morgan fingerprint density at radius 2 is 1.88 bits per heavy atom. The number of amides is 1. The van der Waals surface area contributed by atoms with Gasteiger partial charge in [0, 0.05) is 50.1 Å². The third kappa shape index (κ3) is 6.39. The van der Waals surface area contributed by atoms with Crippen LogP contribution in [0.25, 0.3) is 10.9 Å². The van der Waals surface area contributed by atoms with Crippen molar-refractivity contribution in [2.75, 3.05) is 50.5 Å². The first-order valence-corrected chi connectivity index (χ1v) is 15.3. The molecule has 3 aromatic rings. The Labute approximate surface area is 239 Å². The van der Waals surface area contributed by atoms with E-state index in [2.05, 4.69) is 35.2 Å². The fourth-order valence-electron chi connectivity index (χ4n) is 4.78. The minimum atomic E-state index is -4.53. The standard InChI is InChI=1S/C25H30F3N7O4S2/c1-14(29-21-17-5-4-6-18(25(26,27)28)19(17)31-20(32-21)16-7-8-16)13-34-9-11-35(12-10-34)41(37,38)22-15(2)30-23(40-22)33-24(36)39-3/h4-6,14,16H,7-13H2,1-3H3,(H,29,31,32)(H,30,33,36)/t14-/m0/s1. The van der Waals surface area contributed by atoms with Gasteiger partial charge in [0.2, 0.25) is 0 Å². The Bertz CT molecular complexity index is 1550. The van der Waals surface area contributed by atoms with Crippen LogP contribution < -0.4 is 10.6 Å². The molecule has 2 fully saturated rings. The zero-order valence-corrected chi connectivity index (χ0v) is 24.3. The predicted molar refractivity (Wildman–Crippen MR) is 148 cm³/mol. The number of benzene rings is 1. The molecule has 0 bridgehead atoms. The summed E-state index contributed by atoms with van der Waals surface area (Å²) in [5, 5.41) is 6.13. The van der Waals surface area contributed by atoms with Gasteiger partial charge in [0.1, 0.15) is 11.6 Å². The maximum absolute atomic E-state index is 13.7. The summed E-state index contributed by atoms with van der Waals surface area (Å²) in [5.41, 5.74) is -0.594. The summed E-state index contributed by atoms with van der Waals surface area (Å²) in [6, 6.07) is 3.80. The molecule has 222 valence electrons. The highest BCUT2D eigenvalue weighted by Gasteiger charge is 2.36. The first-order chi connectivity index (χ1) is 19.4. The van der Waals surface area contributed by atoms with E-state index in [1.54, 1.807) is 13.0 Å². The Kier molecular flexibility index (Phi) is 8.11. The van der Waals surface area contributed by atoms with Gasteiger partial charge in [0.25, 0.3) is 10.0 Å². The first-order valence-electron chi connectivity index (χ1n) is 13.1. The fraction of sp³-hybridized carbons (Fsp3) is 0.520. The number of halogens is 3. The highest BCUT2D eigenvalue weighted by molar-refractivity contribution is 7.91. The molecule has 1 aromatic carbocycles. The largest absolute Gasteiger partial charge is 0.453 e. The number of carbonyl (C=O) groups excluding carboxylic acids is 1. The zero-order valence-electron chi connectivity index (χ0n) is 22.7. The van der Waals surface area contributed by atoms with E-state index in [1.807, 2.05) is 6.92 Å². The van der Waals surface area contributed by atoms with E-state index in [9.17, 15) is 26.4 Å². The molecule has 1 aliphatic heterocycles. The summed E-state index contributed by atoms with van der Waals surface area (Å²) in [6.45, 7) is 5.45. The average Bonchev–Trinajstić information content (AvgIpc) is 3.70. The smallest absolute Gasteiger partial charge is 0.418 e. The van der Waals surface area contributed by atoms with Crippen molar-refractivity contribution in [3.63, 3.8) is 0 Å². The van der Waals surface area contributed by atoms with E-state index in [0.29, 0.717) is 36.7 Å². The number of anilines is 2. The number of piperazine rings is 1. The number of ether oxygens (including phenoxy) is 1. The van der Waals surface area contributed by atoms with Crippen molar-refractivity contribution in [3.05, 3.63) is 35.3 Å². The third-order valence-corrected chi connectivity index (χ3v) is 10.5. The average molecular weight is 614 g/mol. The number of para-hydroxylation sites is 1. The molecule has 3 heterocycles. The molecule has 11 nitrogen and oxygen atoms in total. The lowest BCUT2D eigenvalue weighted by molar-refractivity contribution is -0.136. The van der Waals surface area contributed by atoms with Crippen LogP contribution in [0.4, 0.5) is 28.9 Å². The topological polar surface area (TPSA) is 130 Å². The van der Waals surface area contributed by atoms with E-state index >= 15 is 0 Å². The number of methoxy groups -OCH3 is 1. The maximum Gasteiger partial charge on any atom is 0.418 e. The van der Waals surface area contributed by atoms with Crippen LogP contribution in [0.15, 0.2) is 22.4 Å². The Hall–Kier alpha value is -3.08. The van der Waals surface area contributed by atoms with Crippen LogP contribution in [0, 0.1) is 6.92 Å². The number of sulfonamides is 1. The normalized spacial score (nSPS) is 17.9. The van der Waals surface area contributed by atoms with Gasteiger partial charge in [0.05, 0.1) is 23.9 Å². The lowest BCUT2D eigenvalue weighted by Crippen LogP contribution is -2.50. The monoisotopic (exact) mass is 613 g/mol. The van der Waals surface area contributed by atoms with Gasteiger partial charge in [0.15, 0.2) is 9.34 Å². The molecule has 16 heteroatoms. The molecule has 2 aromatic heterocycles. The number of nitrogens with one attached hydrogen (secondary N) is 2. The van der Waals surface area contributed by atoms with Crippen LogP contribution in [0.1, 0.15) is 42.8 Å². The van der Waals surface area contributed by atoms with Gasteiger partial charge in [-0.2, -0.15) is 17.5 Å². The SMILES string of the molecule is COC(=O)Nc1nc(C)c(S(=O)(=O)N2CCN(C[C@H](C)Nc3nc(C4CC4)nc4c(C(F)(F)F)cccc34)CC2)s1. The number of aryl methyl sites for hydroxylation is 1. The second kappa shape index (κ2) is 11.3. The molecule has 1 saturated heterocycles. The summed E-state index contributed by atoms with van der Waals surface area (Å²) < 4.78 is 73.7. The minimum absolute atomic E-state index is 0.0627. The number of carbonyl (C=O) groups is 1. The fourth-order valence-corrected chi connectivity index (χ4v) is 7.74. The van der Waals surface area contributed by atoms with Crippen LogP contribution in [0.3, 0.4) is 0 Å². The molecule has 2 N–H and O–H groups in total. The van der Waals surface area contributed by atoms with E-state index in [4.69, 9.17) is 0 Å². The highest BCUT2D eigenvalue weighted by Crippen LogP contribution is 2.41. The molecule has 1 saturated carbocycles. The molecule has 41 heavy (non-hydrogen) atoms. The maximum atomic E-state index is 13.7. The second-order valence-electron chi connectivity index (χ2n) is 10.2. The van der Waals surface area contributed by atoms with Crippen molar-refractivity contribution in [3.8, 4) is 0 Å². The van der Waals surface area contributed by atoms with Crippen molar-refractivity contribution in [2.45, 2.75) is 49.0 Å². The van der Waals surface area contributed by atoms with Gasteiger partial charge in [-0.25, -0.2) is 28.2 Å². The predicted octanol–water partition coefficient (Wildman–Crippen LogP) is 4.28. The van der Waals surface area contributed by atoms with Gasteiger partial charge < -0.3 is 10.1 Å². The third-order valence-electron chi connectivity index (χ3n) is 6.96. The lowest BCUT2D eigenvalue weighted by Gasteiger charge is -2.35. The van der Waals surface area contributed by atoms with Crippen molar-refractivity contribution < 1.29 is 31.1 Å². The lowest BCUT2D eigenvalue weighted by atomic mass is 10.1. The van der Waals surface area contributed by atoms with E-state index < -0.39 is 27.9 Å². The molecule has 1 atom stereocenters. The van der Waals surface area contributed by atoms with Gasteiger partial charge in [-0.3, -0.25) is 10.2 Å². The van der Waals surface area contributed by atoms with Crippen LogP contribution in [-0.2, 0) is 20.9 Å². The number of aromatic nitrogens is 3. The van der Waals surface area contributed by atoms with Crippen LogP contribution in [0.2, 0.25) is 0 Å². The molecule has 2 aliphatic rings. The van der Waals surface area contributed by atoms with Gasteiger partial charge >= 0.3 is 12.3 Å². The van der Waals surface area contributed by atoms with Crippen LogP contribution in [0.5, 0.6) is 0 Å². The summed E-state index contributed by atoms with van der Waals surface area (Å²) >= 11 is 0.869. The zero-order chi connectivity index (χ0) is 29.5. The second-order valence-corrected chi connectivity index (χ2v) is 13.3. The van der Waals surface area contributed by atoms with Crippen molar-refractivity contribution in [2.24, 2.45) is 0 Å². The Balaban J connectivity index is 1.25. The molecule has 0 unspecified atom stereocenters. The van der Waals surface area contributed by atoms with Crippen molar-refractivity contribution >= 4 is 49.3 Å². The van der Waals surface area contributed by atoms with Crippen LogP contribution >= 0.6 is 11.3 Å². The van der Waals surface area contributed by atoms with E-state index in [1.165, 1.54) is 17.5 Å². The molecule has 0 spiro atoms. The van der Waals surface area contributed by atoms with E-state index in [-0.39, 0.29) is 45.6 Å². The molecule has 1 amide bonds. The van der Waals surface area contributed by atoms with Gasteiger partial charge in [-0.05, 0) is 38.8 Å². The molecular weight excluding hydrogens is 583 g/mol. The summed E-state index contributed by atoms with van der Waals surface area (Å²) in [5.74, 6) is 0.862. The Morgan fingerprint density at radius 1 is 1.17 bits per heavy atom. The minimum Gasteiger partial charge on any atom is -0.453 e. The number of hydrogen-bond acceptors (Lipinski definition) is 10. The quantitative estimate of drug-likeness (QED) is 0.383. The summed E-state index contributed by atoms with van der Waals surface area (Å²) in [6.07, 6.45) is -3.56. The van der Waals surface area contributed by atoms with Crippen molar-refractivity contribution in [1.29, 1.82) is 0 Å². The molecule has 0 radical (unpaired) electrons. The highest BCUT2D eigenvalue weighted by atomic mass is 32.2. The first kappa shape index (κ1) is 29.4. The molecular formula is C25H30F3N7O4S2. The summed E-state index contributed by atoms with van der Waals surface area (Å²) in [7, 11) is -2.61. The van der Waals surface area contributed by atoms with Gasteiger partial charge in [-0.15, -0.1) is 0 Å². The number of alkyl halides is 3. The van der Waals surface area contributed by atoms with Crippen LogP contribution in [-0.4, -0.2) is 84.5 Å². The van der Waals surface area contributed by atoms with E-state index in [0.717, 1.165) is 30.2 Å². The molecule has 5 rings (SSSR count). The number of fused-ring (bicyclic) bond motifs is 1. The number of thiazole rings is 1. The number of nitrogens with zero attached hydrogens (tertiary/aromatic N) is 5. The molecule has 1 aliphatic carbocycles. The number of hydrogen-bond donors (Lipinski definition) is 2. The Morgan fingerprint density at radius 3 is 2.51 bits per heavy atom. The van der Waals surface area contributed by atoms with Crippen molar-refractivity contribution in [1.82, 2.24) is 24.2 Å².